The molecule has 0 saturated carbocycles. The molecule has 3 nitrogen and oxygen atoms in total. The average molecular weight is 327 g/mol. The highest BCUT2D eigenvalue weighted by Gasteiger charge is 2.11. The summed E-state index contributed by atoms with van der Waals surface area (Å²) < 4.78 is 16.5. The van der Waals surface area contributed by atoms with Crippen LogP contribution in [-0.2, 0) is 5.88 Å². The van der Waals surface area contributed by atoms with Crippen molar-refractivity contribution in [3.8, 4) is 17.2 Å². The van der Waals surface area contributed by atoms with Crippen molar-refractivity contribution in [1.29, 1.82) is 0 Å². The zero-order valence-electron chi connectivity index (χ0n) is 11.6. The van der Waals surface area contributed by atoms with Crippen LogP contribution in [0.25, 0.3) is 0 Å². The van der Waals surface area contributed by atoms with E-state index in [4.69, 9.17) is 37.4 Å². The highest BCUT2D eigenvalue weighted by molar-refractivity contribution is 6.32. The van der Waals surface area contributed by atoms with Gasteiger partial charge in [-0.05, 0) is 29.8 Å². The van der Waals surface area contributed by atoms with Crippen molar-refractivity contribution in [2.75, 3.05) is 20.3 Å². The molecular weight excluding hydrogens is 311 g/mol. The van der Waals surface area contributed by atoms with Crippen molar-refractivity contribution >= 4 is 23.2 Å². The second-order valence-electron chi connectivity index (χ2n) is 4.25. The van der Waals surface area contributed by atoms with E-state index in [1.165, 1.54) is 0 Å². The van der Waals surface area contributed by atoms with Gasteiger partial charge < -0.3 is 14.2 Å². The lowest BCUT2D eigenvalue weighted by Crippen LogP contribution is -2.10. The van der Waals surface area contributed by atoms with Gasteiger partial charge in [-0.1, -0.05) is 29.8 Å². The first-order valence-corrected chi connectivity index (χ1v) is 7.39. The van der Waals surface area contributed by atoms with Gasteiger partial charge in [-0.2, -0.15) is 0 Å². The molecule has 0 amide bonds. The van der Waals surface area contributed by atoms with Crippen LogP contribution in [0.3, 0.4) is 0 Å². The van der Waals surface area contributed by atoms with E-state index >= 15 is 0 Å². The summed E-state index contributed by atoms with van der Waals surface area (Å²) in [5.74, 6) is 2.24. The van der Waals surface area contributed by atoms with E-state index < -0.39 is 0 Å². The highest BCUT2D eigenvalue weighted by atomic mass is 35.5. The molecule has 21 heavy (non-hydrogen) atoms. The van der Waals surface area contributed by atoms with Crippen LogP contribution >= 0.6 is 23.2 Å². The maximum Gasteiger partial charge on any atom is 0.179 e. The lowest BCUT2D eigenvalue weighted by Gasteiger charge is -2.14. The molecule has 0 aliphatic carbocycles. The molecule has 0 bridgehead atoms. The molecule has 0 aliphatic rings. The first kappa shape index (κ1) is 15.8. The number of hydrogen-bond acceptors (Lipinski definition) is 3. The second-order valence-corrected chi connectivity index (χ2v) is 4.93. The Bertz CT molecular complexity index is 573. The molecule has 0 aromatic heterocycles. The molecule has 0 atom stereocenters. The number of rotatable bonds is 7. The van der Waals surface area contributed by atoms with E-state index in [1.54, 1.807) is 13.2 Å². The fraction of sp³-hybridized carbons (Fsp3) is 0.250. The van der Waals surface area contributed by atoms with Crippen LogP contribution < -0.4 is 14.2 Å². The number of methoxy groups -OCH3 is 1. The zero-order valence-corrected chi connectivity index (χ0v) is 13.2. The third-order valence-corrected chi connectivity index (χ3v) is 3.37. The number of halogens is 2. The average Bonchev–Trinajstić information content (AvgIpc) is 2.53. The third kappa shape index (κ3) is 4.45. The molecule has 2 aromatic carbocycles. The van der Waals surface area contributed by atoms with E-state index in [9.17, 15) is 0 Å². The maximum absolute atomic E-state index is 6.18. The Balaban J connectivity index is 1.93. The lowest BCUT2D eigenvalue weighted by molar-refractivity contribution is 0.211. The predicted molar refractivity (Wildman–Crippen MR) is 85.0 cm³/mol. The summed E-state index contributed by atoms with van der Waals surface area (Å²) in [5.41, 5.74) is 0.881. The summed E-state index contributed by atoms with van der Waals surface area (Å²) in [6.07, 6.45) is 0. The van der Waals surface area contributed by atoms with Gasteiger partial charge in [-0.25, -0.2) is 0 Å². The van der Waals surface area contributed by atoms with Crippen LogP contribution in [0.2, 0.25) is 5.02 Å². The Hall–Kier alpha value is -1.58. The summed E-state index contributed by atoms with van der Waals surface area (Å²) in [5, 5.41) is 0.477. The van der Waals surface area contributed by atoms with Crippen molar-refractivity contribution in [2.45, 2.75) is 5.88 Å². The van der Waals surface area contributed by atoms with Gasteiger partial charge in [0.25, 0.3) is 0 Å². The normalized spacial score (nSPS) is 10.2. The molecule has 0 heterocycles. The Morgan fingerprint density at radius 2 is 1.71 bits per heavy atom. The third-order valence-electron chi connectivity index (χ3n) is 2.79. The van der Waals surface area contributed by atoms with Crippen LogP contribution in [-0.4, -0.2) is 20.3 Å². The van der Waals surface area contributed by atoms with E-state index in [0.29, 0.717) is 35.6 Å². The van der Waals surface area contributed by atoms with Crippen molar-refractivity contribution in [1.82, 2.24) is 0 Å². The Kier molecular flexibility index (Phi) is 6.03. The molecule has 0 saturated heterocycles. The molecular formula is C16H16Cl2O3. The number of alkyl halides is 1. The molecule has 2 aromatic rings. The summed E-state index contributed by atoms with van der Waals surface area (Å²) in [4.78, 5) is 0. The molecule has 0 radical (unpaired) electrons. The molecule has 112 valence electrons. The molecule has 0 fully saturated rings. The van der Waals surface area contributed by atoms with E-state index in [0.717, 1.165) is 11.3 Å². The van der Waals surface area contributed by atoms with Crippen LogP contribution in [0, 0.1) is 0 Å². The molecule has 5 heteroatoms. The van der Waals surface area contributed by atoms with Crippen LogP contribution in [0.5, 0.6) is 17.2 Å². The Labute approximate surface area is 134 Å². The second kappa shape index (κ2) is 8.01. The van der Waals surface area contributed by atoms with Gasteiger partial charge >= 0.3 is 0 Å². The quantitative estimate of drug-likeness (QED) is 0.552. The van der Waals surface area contributed by atoms with Crippen molar-refractivity contribution in [3.63, 3.8) is 0 Å². The van der Waals surface area contributed by atoms with Gasteiger partial charge in [0.1, 0.15) is 19.0 Å². The largest absolute Gasteiger partial charge is 0.493 e. The lowest BCUT2D eigenvalue weighted by atomic mass is 10.2. The van der Waals surface area contributed by atoms with Crippen LogP contribution in [0.15, 0.2) is 42.5 Å². The smallest absolute Gasteiger partial charge is 0.179 e. The topological polar surface area (TPSA) is 27.7 Å². The minimum absolute atomic E-state index is 0.366. The highest BCUT2D eigenvalue weighted by Crippen LogP contribution is 2.36. The minimum Gasteiger partial charge on any atom is -0.493 e. The van der Waals surface area contributed by atoms with Gasteiger partial charge in [0.05, 0.1) is 12.1 Å². The van der Waals surface area contributed by atoms with E-state index in [-0.39, 0.29) is 0 Å². The van der Waals surface area contributed by atoms with Gasteiger partial charge in [-0.15, -0.1) is 11.6 Å². The van der Waals surface area contributed by atoms with Crippen LogP contribution in [0.1, 0.15) is 5.56 Å². The molecule has 0 aliphatic heterocycles. The maximum atomic E-state index is 6.18. The molecule has 2 rings (SSSR count). The molecule has 0 unspecified atom stereocenters. The molecule has 0 spiro atoms. The van der Waals surface area contributed by atoms with Crippen molar-refractivity contribution in [2.24, 2.45) is 0 Å². The van der Waals surface area contributed by atoms with E-state index in [1.807, 2.05) is 36.4 Å². The van der Waals surface area contributed by atoms with Crippen LogP contribution in [0.4, 0.5) is 0 Å². The van der Waals surface area contributed by atoms with Gasteiger partial charge in [-0.3, -0.25) is 0 Å². The summed E-state index contributed by atoms with van der Waals surface area (Å²) in [6.45, 7) is 0.784. The first-order valence-electron chi connectivity index (χ1n) is 6.47. The van der Waals surface area contributed by atoms with Gasteiger partial charge in [0.2, 0.25) is 0 Å². The predicted octanol–water partition coefficient (Wildman–Crippen LogP) is 4.55. The zero-order chi connectivity index (χ0) is 15.1. The summed E-state index contributed by atoms with van der Waals surface area (Å²) in [7, 11) is 1.57. The summed E-state index contributed by atoms with van der Waals surface area (Å²) >= 11 is 12.0. The number of benzene rings is 2. The first-order chi connectivity index (χ1) is 10.2. The van der Waals surface area contributed by atoms with Crippen molar-refractivity contribution < 1.29 is 14.2 Å². The SMILES string of the molecule is COc1cc(CCl)cc(Cl)c1OCCOc1ccccc1. The van der Waals surface area contributed by atoms with Crippen molar-refractivity contribution in [3.05, 3.63) is 53.1 Å². The Morgan fingerprint density at radius 1 is 1.00 bits per heavy atom. The number of ether oxygens (including phenoxy) is 3. The van der Waals surface area contributed by atoms with Gasteiger partial charge in [0, 0.05) is 5.88 Å². The number of hydrogen-bond donors (Lipinski definition) is 0. The monoisotopic (exact) mass is 326 g/mol. The Morgan fingerprint density at radius 3 is 2.38 bits per heavy atom. The fourth-order valence-corrected chi connectivity index (χ4v) is 2.25. The summed E-state index contributed by atoms with van der Waals surface area (Å²) in [6, 6.07) is 13.1. The molecule has 0 N–H and O–H groups in total. The van der Waals surface area contributed by atoms with E-state index in [2.05, 4.69) is 0 Å². The minimum atomic E-state index is 0.366. The fourth-order valence-electron chi connectivity index (χ4n) is 1.81. The standard InChI is InChI=1S/C16H16Cl2O3/c1-19-15-10-12(11-17)9-14(18)16(15)21-8-7-20-13-5-3-2-4-6-13/h2-6,9-10H,7-8,11H2,1H3. The number of para-hydroxylation sites is 1. The van der Waals surface area contributed by atoms with Gasteiger partial charge in [0.15, 0.2) is 11.5 Å².